The Kier molecular flexibility index (Phi) is 21.6. The number of unbranched alkanes of at least 4 members (excludes halogenated alkanes) is 6. The number of carbonyl (C=O) groups excluding carboxylic acids is 3. The van der Waals surface area contributed by atoms with Crippen molar-refractivity contribution in [2.24, 2.45) is 5.41 Å². The Hall–Kier alpha value is -3.01. The van der Waals surface area contributed by atoms with Gasteiger partial charge in [-0.3, -0.25) is 0 Å². The number of carbonyl (C=O) groups is 3. The minimum absolute atomic E-state index is 0.0163. The molecule has 0 bridgehead atoms. The third-order valence-corrected chi connectivity index (χ3v) is 8.20. The third-order valence-electron chi connectivity index (χ3n) is 8.20. The molecule has 52 heavy (non-hydrogen) atoms. The smallest absolute Gasteiger partial charge is 0.378 e. The fourth-order valence-corrected chi connectivity index (χ4v) is 4.76. The van der Waals surface area contributed by atoms with Crippen LogP contribution in [0.2, 0.25) is 0 Å². The molecule has 0 spiro atoms. The van der Waals surface area contributed by atoms with Crippen LogP contribution in [0.3, 0.4) is 0 Å². The van der Waals surface area contributed by atoms with Crippen molar-refractivity contribution in [3.05, 3.63) is 36.5 Å². The Labute approximate surface area is 301 Å². The van der Waals surface area contributed by atoms with Gasteiger partial charge in [-0.2, -0.15) is 35.1 Å². The Morgan fingerprint density at radius 2 is 1.06 bits per heavy atom. The van der Waals surface area contributed by atoms with E-state index in [9.17, 15) is 49.5 Å². The summed E-state index contributed by atoms with van der Waals surface area (Å²) in [6, 6.07) is 0. The Morgan fingerprint density at radius 3 is 1.54 bits per heavy atom. The van der Waals surface area contributed by atoms with Gasteiger partial charge in [-0.1, -0.05) is 52.3 Å². The molecule has 0 amide bonds. The maximum atomic E-state index is 14.9. The van der Waals surface area contributed by atoms with E-state index >= 15 is 0 Å². The SMILES string of the molecule is C=C(C)C(=O)OCC(CCCC(F)(F)C(F)(F)C(F)(F)C(F)(F)CCCCCCC)(CCOC(=O)C(=C)COCCCCCO)COC(=O)C(=C)C. The van der Waals surface area contributed by atoms with Crippen LogP contribution < -0.4 is 0 Å². The molecule has 0 radical (unpaired) electrons. The van der Waals surface area contributed by atoms with E-state index in [-0.39, 0.29) is 43.0 Å². The summed E-state index contributed by atoms with van der Waals surface area (Å²) in [5.74, 6) is -26.9. The van der Waals surface area contributed by atoms with E-state index in [0.29, 0.717) is 38.5 Å². The molecule has 0 aromatic rings. The fourth-order valence-electron chi connectivity index (χ4n) is 4.76. The van der Waals surface area contributed by atoms with Crippen LogP contribution in [0.25, 0.3) is 0 Å². The number of aliphatic hydroxyl groups excluding tert-OH is 1. The fraction of sp³-hybridized carbons (Fsp3) is 0.750. The van der Waals surface area contributed by atoms with E-state index in [2.05, 4.69) is 19.7 Å². The molecule has 302 valence electrons. The predicted octanol–water partition coefficient (Wildman–Crippen LogP) is 8.95. The molecule has 0 rings (SSSR count). The molecule has 0 aliphatic rings. The minimum atomic E-state index is -6.47. The van der Waals surface area contributed by atoms with Crippen molar-refractivity contribution in [1.29, 1.82) is 0 Å². The molecule has 0 heterocycles. The van der Waals surface area contributed by atoms with Crippen LogP contribution in [0.1, 0.15) is 104 Å². The molecule has 0 unspecified atom stereocenters. The first-order chi connectivity index (χ1) is 24.0. The number of alkyl halides is 8. The summed E-state index contributed by atoms with van der Waals surface area (Å²) >= 11 is 0. The zero-order valence-electron chi connectivity index (χ0n) is 30.4. The molecule has 16 heteroatoms. The maximum absolute atomic E-state index is 14.9. The van der Waals surface area contributed by atoms with Gasteiger partial charge in [0, 0.05) is 42.6 Å². The van der Waals surface area contributed by atoms with E-state index < -0.39 is 105 Å². The average Bonchev–Trinajstić information content (AvgIpc) is 3.06. The highest BCUT2D eigenvalue weighted by Gasteiger charge is 2.79. The summed E-state index contributed by atoms with van der Waals surface area (Å²) < 4.78 is 138. The summed E-state index contributed by atoms with van der Waals surface area (Å²) in [5, 5.41) is 8.82. The molecule has 1 N–H and O–H groups in total. The van der Waals surface area contributed by atoms with Crippen LogP contribution in [0.4, 0.5) is 35.1 Å². The number of hydrogen-bond acceptors (Lipinski definition) is 8. The summed E-state index contributed by atoms with van der Waals surface area (Å²) in [6.07, 6.45) is -2.90. The van der Waals surface area contributed by atoms with Gasteiger partial charge in [0.05, 0.1) is 18.8 Å². The first kappa shape index (κ1) is 49.0. The summed E-state index contributed by atoms with van der Waals surface area (Å²) in [6.45, 7) is 12.8. The van der Waals surface area contributed by atoms with Gasteiger partial charge >= 0.3 is 41.6 Å². The van der Waals surface area contributed by atoms with Gasteiger partial charge in [0.25, 0.3) is 0 Å². The topological polar surface area (TPSA) is 108 Å². The first-order valence-corrected chi connectivity index (χ1v) is 17.2. The van der Waals surface area contributed by atoms with Crippen molar-refractivity contribution < 1.29 is 73.6 Å². The molecule has 0 aromatic heterocycles. The highest BCUT2D eigenvalue weighted by molar-refractivity contribution is 5.88. The van der Waals surface area contributed by atoms with Gasteiger partial charge in [0.15, 0.2) is 0 Å². The Balaban J connectivity index is 6.05. The lowest BCUT2D eigenvalue weighted by Crippen LogP contribution is -2.62. The van der Waals surface area contributed by atoms with E-state index in [0.717, 1.165) is 0 Å². The normalized spacial score (nSPS) is 12.7. The van der Waals surface area contributed by atoms with Crippen LogP contribution in [-0.2, 0) is 33.3 Å². The van der Waals surface area contributed by atoms with Gasteiger partial charge in [-0.05, 0) is 58.8 Å². The standard InChI is InChI=1S/C36H54F8O8/c1-7-8-9-10-12-17-33(37,38)35(41,42)36(43,44)34(39,40)18-15-16-32(24-51-29(46)26(2)3,25-52-30(47)27(4)5)19-22-50-31(48)28(6)23-49-21-14-11-13-20-45/h45H,2,4,6-25H2,1,3,5H3. The molecule has 0 saturated heterocycles. The number of aliphatic hydroxyl groups is 1. The first-order valence-electron chi connectivity index (χ1n) is 17.2. The zero-order chi connectivity index (χ0) is 40.2. The summed E-state index contributed by atoms with van der Waals surface area (Å²) in [4.78, 5) is 37.0. The molecule has 8 nitrogen and oxygen atoms in total. The van der Waals surface area contributed by atoms with E-state index in [4.69, 9.17) is 24.1 Å². The number of halogens is 8. The van der Waals surface area contributed by atoms with E-state index in [1.54, 1.807) is 6.92 Å². The summed E-state index contributed by atoms with van der Waals surface area (Å²) in [5.41, 5.74) is -2.06. The highest BCUT2D eigenvalue weighted by atomic mass is 19.4. The molecular formula is C36H54F8O8. The lowest BCUT2D eigenvalue weighted by Gasteiger charge is -2.38. The monoisotopic (exact) mass is 766 g/mol. The van der Waals surface area contributed by atoms with Crippen LogP contribution in [0.5, 0.6) is 0 Å². The molecule has 0 atom stereocenters. The van der Waals surface area contributed by atoms with E-state index in [1.165, 1.54) is 13.8 Å². The number of esters is 3. The second kappa shape index (κ2) is 22.9. The second-order valence-corrected chi connectivity index (χ2v) is 13.1. The molecule has 0 aromatic carbocycles. The van der Waals surface area contributed by atoms with Gasteiger partial charge in [-0.25, -0.2) is 14.4 Å². The third kappa shape index (κ3) is 15.9. The molecule has 0 aliphatic carbocycles. The molecule has 0 fully saturated rings. The quantitative estimate of drug-likeness (QED) is 0.0254. The van der Waals surface area contributed by atoms with Gasteiger partial charge in [0.1, 0.15) is 13.2 Å². The van der Waals surface area contributed by atoms with E-state index in [1.807, 2.05) is 0 Å². The van der Waals surface area contributed by atoms with Crippen molar-refractivity contribution in [2.45, 2.75) is 128 Å². The van der Waals surface area contributed by atoms with Crippen LogP contribution in [0, 0.1) is 5.41 Å². The van der Waals surface area contributed by atoms with Crippen LogP contribution in [0.15, 0.2) is 36.5 Å². The van der Waals surface area contributed by atoms with Crippen molar-refractivity contribution in [3.8, 4) is 0 Å². The number of hydrogen-bond donors (Lipinski definition) is 1. The maximum Gasteiger partial charge on any atom is 0.378 e. The number of rotatable bonds is 30. The zero-order valence-corrected chi connectivity index (χ0v) is 30.4. The number of ether oxygens (including phenoxy) is 4. The summed E-state index contributed by atoms with van der Waals surface area (Å²) in [7, 11) is 0. The van der Waals surface area contributed by atoms with Crippen molar-refractivity contribution >= 4 is 17.9 Å². The molecule has 0 aliphatic heterocycles. The van der Waals surface area contributed by atoms with Crippen molar-refractivity contribution in [1.82, 2.24) is 0 Å². The lowest BCUT2D eigenvalue weighted by molar-refractivity contribution is -0.368. The minimum Gasteiger partial charge on any atom is -0.462 e. The van der Waals surface area contributed by atoms with Gasteiger partial charge < -0.3 is 24.1 Å². The van der Waals surface area contributed by atoms with Crippen LogP contribution >= 0.6 is 0 Å². The van der Waals surface area contributed by atoms with Crippen molar-refractivity contribution in [3.63, 3.8) is 0 Å². The van der Waals surface area contributed by atoms with Crippen molar-refractivity contribution in [2.75, 3.05) is 39.6 Å². The Morgan fingerprint density at radius 1 is 0.577 bits per heavy atom. The molecular weight excluding hydrogens is 712 g/mol. The van der Waals surface area contributed by atoms with Gasteiger partial charge in [-0.15, -0.1) is 0 Å². The van der Waals surface area contributed by atoms with Crippen LogP contribution in [-0.4, -0.2) is 86.3 Å². The highest BCUT2D eigenvalue weighted by Crippen LogP contribution is 2.55. The predicted molar refractivity (Wildman–Crippen MR) is 177 cm³/mol. The second-order valence-electron chi connectivity index (χ2n) is 13.1. The largest absolute Gasteiger partial charge is 0.462 e. The average molecular weight is 767 g/mol. The Bertz CT molecular complexity index is 1140. The molecule has 0 saturated carbocycles. The lowest BCUT2D eigenvalue weighted by atomic mass is 9.80. The van der Waals surface area contributed by atoms with Gasteiger partial charge in [0.2, 0.25) is 0 Å².